The Hall–Kier alpha value is -0.810. The second-order valence-electron chi connectivity index (χ2n) is 4.18. The van der Waals surface area contributed by atoms with Gasteiger partial charge in [0.15, 0.2) is 0 Å². The van der Waals surface area contributed by atoms with E-state index in [1.807, 2.05) is 4.90 Å². The highest BCUT2D eigenvalue weighted by Gasteiger charge is 2.15. The molecular weight excluding hydrogens is 208 g/mol. The van der Waals surface area contributed by atoms with Crippen molar-refractivity contribution in [3.05, 3.63) is 0 Å². The Morgan fingerprint density at radius 3 is 2.75 bits per heavy atom. The predicted molar refractivity (Wildman–Crippen MR) is 61.3 cm³/mol. The monoisotopic (exact) mass is 230 g/mol. The van der Waals surface area contributed by atoms with E-state index in [4.69, 9.17) is 4.74 Å². The van der Waals surface area contributed by atoms with Crippen molar-refractivity contribution in [2.45, 2.75) is 31.8 Å². The van der Waals surface area contributed by atoms with Crippen molar-refractivity contribution in [3.63, 3.8) is 0 Å². The van der Waals surface area contributed by atoms with Crippen LogP contribution in [0.1, 0.15) is 25.7 Å². The minimum atomic E-state index is -0.494. The Labute approximate surface area is 96.8 Å². The number of nitrogens with one attached hydrogen (secondary N) is 1. The average molecular weight is 230 g/mol. The summed E-state index contributed by atoms with van der Waals surface area (Å²) in [7, 11) is 1.55. The lowest BCUT2D eigenvalue weighted by molar-refractivity contribution is 0.0595. The van der Waals surface area contributed by atoms with E-state index < -0.39 is 6.10 Å². The number of carbonyl (C=O) groups excluding carboxylic acids is 1. The number of urea groups is 1. The molecule has 0 aromatic rings. The van der Waals surface area contributed by atoms with E-state index in [9.17, 15) is 9.90 Å². The molecule has 94 valence electrons. The van der Waals surface area contributed by atoms with E-state index in [0.717, 1.165) is 25.9 Å². The van der Waals surface area contributed by atoms with Crippen molar-refractivity contribution >= 4 is 6.03 Å². The van der Waals surface area contributed by atoms with Gasteiger partial charge in [-0.1, -0.05) is 0 Å². The highest BCUT2D eigenvalue weighted by atomic mass is 16.5. The second kappa shape index (κ2) is 7.46. The average Bonchev–Trinajstić information content (AvgIpc) is 2.30. The van der Waals surface area contributed by atoms with Crippen LogP contribution >= 0.6 is 0 Å². The van der Waals surface area contributed by atoms with Crippen LogP contribution in [0.5, 0.6) is 0 Å². The lowest BCUT2D eigenvalue weighted by Crippen LogP contribution is -2.43. The van der Waals surface area contributed by atoms with Crippen LogP contribution in [0.25, 0.3) is 0 Å². The molecule has 16 heavy (non-hydrogen) atoms. The summed E-state index contributed by atoms with van der Waals surface area (Å²) in [5, 5.41) is 12.2. The number of ether oxygens (including phenoxy) is 1. The molecule has 1 aliphatic heterocycles. The Kier molecular flexibility index (Phi) is 6.18. The molecule has 0 saturated carbocycles. The van der Waals surface area contributed by atoms with Crippen molar-refractivity contribution in [1.29, 1.82) is 0 Å². The first-order valence-electron chi connectivity index (χ1n) is 5.94. The minimum Gasteiger partial charge on any atom is -0.391 e. The van der Waals surface area contributed by atoms with E-state index in [-0.39, 0.29) is 6.03 Å². The molecule has 1 fully saturated rings. The molecule has 0 aromatic heterocycles. The molecule has 1 atom stereocenters. The van der Waals surface area contributed by atoms with Gasteiger partial charge >= 0.3 is 6.03 Å². The number of hydrogen-bond donors (Lipinski definition) is 2. The number of methoxy groups -OCH3 is 1. The van der Waals surface area contributed by atoms with Gasteiger partial charge < -0.3 is 20.1 Å². The zero-order chi connectivity index (χ0) is 11.8. The fourth-order valence-electron chi connectivity index (χ4n) is 1.83. The first kappa shape index (κ1) is 13.3. The second-order valence-corrected chi connectivity index (χ2v) is 4.18. The van der Waals surface area contributed by atoms with Crippen LogP contribution in [-0.2, 0) is 4.74 Å². The number of likely N-dealkylation sites (tertiary alicyclic amines) is 1. The molecule has 2 amide bonds. The van der Waals surface area contributed by atoms with Crippen LogP contribution in [0.15, 0.2) is 0 Å². The van der Waals surface area contributed by atoms with Crippen LogP contribution in [-0.4, -0.2) is 55.5 Å². The first-order chi connectivity index (χ1) is 7.74. The third-order valence-corrected chi connectivity index (χ3v) is 2.76. The molecular formula is C11H22N2O3. The highest BCUT2D eigenvalue weighted by Crippen LogP contribution is 2.08. The molecule has 2 N–H and O–H groups in total. The van der Waals surface area contributed by atoms with Gasteiger partial charge in [0.05, 0.1) is 12.7 Å². The van der Waals surface area contributed by atoms with Crippen LogP contribution in [0.4, 0.5) is 4.79 Å². The Morgan fingerprint density at radius 2 is 2.12 bits per heavy atom. The van der Waals surface area contributed by atoms with Gasteiger partial charge in [-0.15, -0.1) is 0 Å². The maximum Gasteiger partial charge on any atom is 0.317 e. The molecule has 0 radical (unpaired) electrons. The molecule has 0 aliphatic carbocycles. The van der Waals surface area contributed by atoms with Gasteiger partial charge in [-0.25, -0.2) is 4.79 Å². The molecule has 1 unspecified atom stereocenters. The summed E-state index contributed by atoms with van der Waals surface area (Å²) in [4.78, 5) is 13.5. The number of aliphatic hydroxyl groups is 1. The van der Waals surface area contributed by atoms with Gasteiger partial charge in [-0.05, 0) is 25.7 Å². The molecule has 0 bridgehead atoms. The first-order valence-corrected chi connectivity index (χ1v) is 5.94. The van der Waals surface area contributed by atoms with Crippen molar-refractivity contribution in [2.24, 2.45) is 0 Å². The summed E-state index contributed by atoms with van der Waals surface area (Å²) in [5.74, 6) is 0. The van der Waals surface area contributed by atoms with E-state index in [1.54, 1.807) is 7.11 Å². The van der Waals surface area contributed by atoms with Gasteiger partial charge in [0.1, 0.15) is 0 Å². The van der Waals surface area contributed by atoms with Gasteiger partial charge in [0.2, 0.25) is 0 Å². The van der Waals surface area contributed by atoms with Crippen LogP contribution < -0.4 is 5.32 Å². The molecule has 0 spiro atoms. The summed E-state index contributed by atoms with van der Waals surface area (Å²) < 4.78 is 4.80. The lowest BCUT2D eigenvalue weighted by Gasteiger charge is -2.26. The fraction of sp³-hybridized carbons (Fsp3) is 0.909. The summed E-state index contributed by atoms with van der Waals surface area (Å²) in [6.45, 7) is 2.53. The molecule has 5 nitrogen and oxygen atoms in total. The Balaban J connectivity index is 2.09. The van der Waals surface area contributed by atoms with E-state index in [0.29, 0.717) is 19.6 Å². The van der Waals surface area contributed by atoms with E-state index in [1.165, 1.54) is 6.42 Å². The number of nitrogens with zero attached hydrogens (tertiary/aromatic N) is 1. The maximum atomic E-state index is 11.6. The van der Waals surface area contributed by atoms with Crippen molar-refractivity contribution < 1.29 is 14.6 Å². The molecule has 1 rings (SSSR count). The number of amides is 2. The number of carbonyl (C=O) groups is 1. The number of hydrogen-bond acceptors (Lipinski definition) is 3. The van der Waals surface area contributed by atoms with E-state index in [2.05, 4.69) is 5.32 Å². The Morgan fingerprint density at radius 1 is 1.44 bits per heavy atom. The number of rotatable bonds is 5. The van der Waals surface area contributed by atoms with Crippen LogP contribution in [0.3, 0.4) is 0 Å². The van der Waals surface area contributed by atoms with Crippen LogP contribution in [0, 0.1) is 0 Å². The topological polar surface area (TPSA) is 61.8 Å². The largest absolute Gasteiger partial charge is 0.391 e. The standard InChI is InChI=1S/C11H22N2O3/c1-16-9-10(14)5-6-12-11(15)13-7-3-2-4-8-13/h10,14H,2-9H2,1H3,(H,12,15). The predicted octanol–water partition coefficient (Wildman–Crippen LogP) is 0.579. The van der Waals surface area contributed by atoms with Crippen molar-refractivity contribution in [2.75, 3.05) is 33.4 Å². The zero-order valence-corrected chi connectivity index (χ0v) is 9.95. The number of aliphatic hydroxyl groups excluding tert-OH is 1. The quantitative estimate of drug-likeness (QED) is 0.726. The van der Waals surface area contributed by atoms with Gasteiger partial charge in [-0.2, -0.15) is 0 Å². The number of piperidine rings is 1. The zero-order valence-electron chi connectivity index (χ0n) is 9.95. The molecule has 5 heteroatoms. The minimum absolute atomic E-state index is 0.00989. The molecule has 0 aromatic carbocycles. The van der Waals surface area contributed by atoms with E-state index >= 15 is 0 Å². The summed E-state index contributed by atoms with van der Waals surface area (Å²) in [6.07, 6.45) is 3.45. The smallest absolute Gasteiger partial charge is 0.317 e. The van der Waals surface area contributed by atoms with Crippen LogP contribution in [0.2, 0.25) is 0 Å². The summed E-state index contributed by atoms with van der Waals surface area (Å²) >= 11 is 0. The van der Waals surface area contributed by atoms with Gasteiger partial charge in [-0.3, -0.25) is 0 Å². The van der Waals surface area contributed by atoms with Gasteiger partial charge in [0, 0.05) is 26.7 Å². The van der Waals surface area contributed by atoms with Crippen molar-refractivity contribution in [1.82, 2.24) is 10.2 Å². The summed E-state index contributed by atoms with van der Waals surface area (Å²) in [6, 6.07) is -0.00989. The van der Waals surface area contributed by atoms with Crippen molar-refractivity contribution in [3.8, 4) is 0 Å². The van der Waals surface area contributed by atoms with Gasteiger partial charge in [0.25, 0.3) is 0 Å². The normalized spacial score (nSPS) is 18.2. The molecule has 1 heterocycles. The third-order valence-electron chi connectivity index (χ3n) is 2.76. The third kappa shape index (κ3) is 4.81. The molecule has 1 aliphatic rings. The maximum absolute atomic E-state index is 11.6. The SMILES string of the molecule is COCC(O)CCNC(=O)N1CCCCC1. The highest BCUT2D eigenvalue weighted by molar-refractivity contribution is 5.74. The summed E-state index contributed by atoms with van der Waals surface area (Å²) in [5.41, 5.74) is 0. The molecule has 1 saturated heterocycles. The lowest BCUT2D eigenvalue weighted by atomic mass is 10.1. The Bertz CT molecular complexity index is 205. The fourth-order valence-corrected chi connectivity index (χ4v) is 1.83.